The molecule has 3 aromatic rings. The van der Waals surface area contributed by atoms with Crippen LogP contribution in [0.15, 0.2) is 45.3 Å². The fourth-order valence-electron chi connectivity index (χ4n) is 5.42. The highest BCUT2D eigenvalue weighted by molar-refractivity contribution is 9.10. The smallest absolute Gasteiger partial charge is 0.205 e. The molecule has 0 spiro atoms. The van der Waals surface area contributed by atoms with Crippen LogP contribution >= 0.6 is 31.9 Å². The van der Waals surface area contributed by atoms with Crippen molar-refractivity contribution in [3.05, 3.63) is 84.3 Å². The molecule has 0 aliphatic carbocycles. The summed E-state index contributed by atoms with van der Waals surface area (Å²) in [5.74, 6) is 0.881. The molecular formula is C36H44Br2O8. The van der Waals surface area contributed by atoms with Crippen molar-refractivity contribution in [1.29, 1.82) is 0 Å². The Hall–Kier alpha value is -2.18. The van der Waals surface area contributed by atoms with Crippen molar-refractivity contribution in [2.75, 3.05) is 13.9 Å². The van der Waals surface area contributed by atoms with Crippen molar-refractivity contribution in [2.24, 2.45) is 0 Å². The highest BCUT2D eigenvalue weighted by atomic mass is 79.9. The van der Waals surface area contributed by atoms with E-state index in [4.69, 9.17) is 37.9 Å². The summed E-state index contributed by atoms with van der Waals surface area (Å²) in [6, 6.07) is 12.4. The van der Waals surface area contributed by atoms with E-state index in [9.17, 15) is 0 Å². The highest BCUT2D eigenvalue weighted by Gasteiger charge is 2.32. The van der Waals surface area contributed by atoms with E-state index >= 15 is 0 Å². The Bertz CT molecular complexity index is 1560. The van der Waals surface area contributed by atoms with Gasteiger partial charge >= 0.3 is 0 Å². The second-order valence-corrected chi connectivity index (χ2v) is 15.4. The number of ether oxygens (including phenoxy) is 8. The fraction of sp³-hybridized carbons (Fsp3) is 0.500. The molecule has 0 saturated heterocycles. The van der Waals surface area contributed by atoms with Crippen molar-refractivity contribution in [3.8, 4) is 17.2 Å². The van der Waals surface area contributed by atoms with E-state index in [2.05, 4.69) is 64.8 Å². The summed E-state index contributed by atoms with van der Waals surface area (Å²) < 4.78 is 50.1. The van der Waals surface area contributed by atoms with E-state index in [1.165, 1.54) is 5.56 Å². The Morgan fingerprint density at radius 3 is 1.65 bits per heavy atom. The number of benzene rings is 3. The van der Waals surface area contributed by atoms with Crippen LogP contribution in [0.1, 0.15) is 87.4 Å². The number of hydrogen-bond acceptors (Lipinski definition) is 8. The van der Waals surface area contributed by atoms with Crippen molar-refractivity contribution >= 4 is 31.9 Å². The Balaban J connectivity index is 1.34. The highest BCUT2D eigenvalue weighted by Crippen LogP contribution is 2.40. The molecule has 10 heteroatoms. The molecule has 46 heavy (non-hydrogen) atoms. The van der Waals surface area contributed by atoms with Gasteiger partial charge in [-0.05, 0) is 47.4 Å². The number of methoxy groups -OCH3 is 1. The number of hydrogen-bond donors (Lipinski definition) is 0. The molecule has 2 aliphatic rings. The van der Waals surface area contributed by atoms with Gasteiger partial charge in [-0.15, -0.1) is 0 Å². The molecule has 3 aromatic carbocycles. The third-order valence-electron chi connectivity index (χ3n) is 7.72. The van der Waals surface area contributed by atoms with E-state index in [-0.39, 0.29) is 12.2 Å². The van der Waals surface area contributed by atoms with Crippen LogP contribution in [0.2, 0.25) is 0 Å². The van der Waals surface area contributed by atoms with Gasteiger partial charge in [-0.1, -0.05) is 52.6 Å². The predicted molar refractivity (Wildman–Crippen MR) is 182 cm³/mol. The van der Waals surface area contributed by atoms with Gasteiger partial charge < -0.3 is 37.9 Å². The summed E-state index contributed by atoms with van der Waals surface area (Å²) in [6.07, 6.45) is 0. The quantitative estimate of drug-likeness (QED) is 0.179. The molecule has 2 aliphatic heterocycles. The van der Waals surface area contributed by atoms with E-state index in [0.717, 1.165) is 53.8 Å². The molecule has 5 rings (SSSR count). The molecule has 0 radical (unpaired) electrons. The maximum Gasteiger partial charge on any atom is 0.205 e. The lowest BCUT2D eigenvalue weighted by molar-refractivity contribution is -0.181. The lowest BCUT2D eigenvalue weighted by Gasteiger charge is -2.35. The van der Waals surface area contributed by atoms with Crippen LogP contribution in [0, 0.1) is 0 Å². The molecule has 250 valence electrons. The van der Waals surface area contributed by atoms with E-state index in [1.54, 1.807) is 7.11 Å². The van der Waals surface area contributed by atoms with Crippen LogP contribution in [0.5, 0.6) is 17.2 Å². The zero-order valence-electron chi connectivity index (χ0n) is 27.9. The van der Waals surface area contributed by atoms with Crippen LogP contribution in [-0.4, -0.2) is 25.5 Å². The van der Waals surface area contributed by atoms with Crippen LogP contribution in [0.4, 0.5) is 0 Å². The molecule has 0 amide bonds. The molecule has 0 aromatic heterocycles. The van der Waals surface area contributed by atoms with Gasteiger partial charge in [0.25, 0.3) is 0 Å². The lowest BCUT2D eigenvalue weighted by Crippen LogP contribution is -2.36. The van der Waals surface area contributed by atoms with E-state index in [0.29, 0.717) is 45.4 Å². The summed E-state index contributed by atoms with van der Waals surface area (Å²) in [7, 11) is 1.60. The van der Waals surface area contributed by atoms with E-state index < -0.39 is 11.6 Å². The average molecular weight is 765 g/mol. The topological polar surface area (TPSA) is 73.8 Å². The Morgan fingerprint density at radius 2 is 1.13 bits per heavy atom. The molecule has 0 N–H and O–H groups in total. The Labute approximate surface area is 289 Å². The summed E-state index contributed by atoms with van der Waals surface area (Å²) in [5, 5.41) is 0. The third kappa shape index (κ3) is 8.64. The summed E-state index contributed by atoms with van der Waals surface area (Å²) >= 11 is 7.29. The largest absolute Gasteiger partial charge is 0.467 e. The molecule has 0 fully saturated rings. The normalized spacial score (nSPS) is 16.7. The van der Waals surface area contributed by atoms with Gasteiger partial charge in [0.2, 0.25) is 11.6 Å². The van der Waals surface area contributed by atoms with Crippen LogP contribution in [0.25, 0.3) is 0 Å². The molecule has 2 heterocycles. The molecule has 0 atom stereocenters. The maximum atomic E-state index is 6.37. The molecular weight excluding hydrogens is 720 g/mol. The number of halogens is 2. The van der Waals surface area contributed by atoms with Gasteiger partial charge in [0.15, 0.2) is 6.79 Å². The van der Waals surface area contributed by atoms with Gasteiger partial charge in [-0.25, -0.2) is 0 Å². The summed E-state index contributed by atoms with van der Waals surface area (Å²) in [5.41, 5.74) is 6.85. The first kappa shape index (κ1) is 35.1. The first-order valence-electron chi connectivity index (χ1n) is 15.4. The van der Waals surface area contributed by atoms with Crippen molar-refractivity contribution in [3.63, 3.8) is 0 Å². The number of fused-ring (bicyclic) bond motifs is 2. The van der Waals surface area contributed by atoms with Gasteiger partial charge in [0.05, 0.1) is 39.6 Å². The molecule has 0 bridgehead atoms. The maximum absolute atomic E-state index is 6.37. The monoisotopic (exact) mass is 762 g/mol. The first-order chi connectivity index (χ1) is 21.6. The van der Waals surface area contributed by atoms with Gasteiger partial charge in [0, 0.05) is 77.1 Å². The second-order valence-electron chi connectivity index (χ2n) is 13.6. The van der Waals surface area contributed by atoms with Crippen molar-refractivity contribution in [2.45, 2.75) is 105 Å². The van der Waals surface area contributed by atoms with Gasteiger partial charge in [0.1, 0.15) is 17.2 Å². The Morgan fingerprint density at radius 1 is 0.674 bits per heavy atom. The van der Waals surface area contributed by atoms with E-state index in [1.807, 2.05) is 52.0 Å². The zero-order chi connectivity index (χ0) is 33.3. The van der Waals surface area contributed by atoms with Crippen LogP contribution < -0.4 is 14.2 Å². The van der Waals surface area contributed by atoms with Crippen LogP contribution in [-0.2, 0) is 68.7 Å². The molecule has 8 nitrogen and oxygen atoms in total. The molecule has 0 saturated carbocycles. The Kier molecular flexibility index (Phi) is 10.8. The predicted octanol–water partition coefficient (Wildman–Crippen LogP) is 9.22. The zero-order valence-corrected chi connectivity index (χ0v) is 31.1. The van der Waals surface area contributed by atoms with Gasteiger partial charge in [-0.2, -0.15) is 0 Å². The van der Waals surface area contributed by atoms with Gasteiger partial charge in [-0.3, -0.25) is 0 Å². The van der Waals surface area contributed by atoms with Crippen LogP contribution in [0.3, 0.4) is 0 Å². The second kappa shape index (κ2) is 14.1. The number of rotatable bonds is 11. The summed E-state index contributed by atoms with van der Waals surface area (Å²) in [6.45, 7) is 16.6. The average Bonchev–Trinajstić information content (AvgIpc) is 2.96. The summed E-state index contributed by atoms with van der Waals surface area (Å²) in [4.78, 5) is 0. The fourth-order valence-corrected chi connectivity index (χ4v) is 6.52. The molecule has 0 unspecified atom stereocenters. The van der Waals surface area contributed by atoms with Crippen molar-refractivity contribution in [1.82, 2.24) is 0 Å². The minimum Gasteiger partial charge on any atom is -0.467 e. The minimum absolute atomic E-state index is 0.0393. The first-order valence-corrected chi connectivity index (χ1v) is 16.9. The SMILES string of the molecule is COCOc1c(COCc2cc(Br)cc3c2OC(C)(C)OC3)cc(Br)cc1COCc1cc(C(C)(C)C)cc2c1OC(C)(C)OC2. The third-order valence-corrected chi connectivity index (χ3v) is 8.64. The minimum atomic E-state index is -0.712. The lowest BCUT2D eigenvalue weighted by atomic mass is 9.84. The standard InChI is InChI=1S/C36H44Br2O8/c1-34(2,3)28-9-22(32-23(10-28)19-43-35(4,5)45-32)15-40-16-24-11-29(37)12-25(31(24)42-21-39-8)17-41-18-26-13-30(38)14-27-20-44-36(6,7)46-33(26)27/h9-14H,15-21H2,1-8H3. The van der Waals surface area contributed by atoms with Crippen molar-refractivity contribution < 1.29 is 37.9 Å².